The molecule has 6 nitrogen and oxygen atoms in total. The van der Waals surface area contributed by atoms with Gasteiger partial charge in [-0.05, 0) is 44.9 Å². The van der Waals surface area contributed by atoms with Gasteiger partial charge in [-0.2, -0.15) is 0 Å². The van der Waals surface area contributed by atoms with E-state index in [1.165, 1.54) is 0 Å². The maximum Gasteiger partial charge on any atom is 0.407 e. The van der Waals surface area contributed by atoms with Gasteiger partial charge in [-0.15, -0.1) is 0 Å². The lowest BCUT2D eigenvalue weighted by Crippen LogP contribution is -2.38. The molecule has 1 aliphatic heterocycles. The second kappa shape index (κ2) is 7.55. The van der Waals surface area contributed by atoms with Crippen LogP contribution in [-0.2, 0) is 11.3 Å². The average Bonchev–Trinajstić information content (AvgIpc) is 2.80. The third-order valence-corrected chi connectivity index (χ3v) is 3.62. The predicted molar refractivity (Wildman–Crippen MR) is 94.2 cm³/mol. The normalized spacial score (nSPS) is 13.7. The largest absolute Gasteiger partial charge is 0.444 e. The highest BCUT2D eigenvalue weighted by Crippen LogP contribution is 2.25. The zero-order chi connectivity index (χ0) is 17.7. The number of carbonyl (C=O) groups excluding carboxylic acids is 2. The van der Waals surface area contributed by atoms with Crippen molar-refractivity contribution in [1.82, 2.24) is 10.2 Å². The average molecular weight is 333 g/mol. The van der Waals surface area contributed by atoms with Crippen molar-refractivity contribution in [3.05, 3.63) is 29.3 Å². The molecular weight excluding hydrogens is 306 g/mol. The van der Waals surface area contributed by atoms with Gasteiger partial charge in [-0.25, -0.2) is 4.79 Å². The van der Waals surface area contributed by atoms with Gasteiger partial charge in [0.05, 0.1) is 0 Å². The van der Waals surface area contributed by atoms with Gasteiger partial charge in [0.25, 0.3) is 5.91 Å². The first-order chi connectivity index (χ1) is 11.3. The van der Waals surface area contributed by atoms with Gasteiger partial charge >= 0.3 is 6.09 Å². The Morgan fingerprint density at radius 3 is 2.71 bits per heavy atom. The summed E-state index contributed by atoms with van der Waals surface area (Å²) in [5.41, 5.74) is 2.22. The fourth-order valence-electron chi connectivity index (χ4n) is 2.53. The van der Waals surface area contributed by atoms with E-state index >= 15 is 0 Å². The Kier molecular flexibility index (Phi) is 5.70. The molecule has 1 heterocycles. The summed E-state index contributed by atoms with van der Waals surface area (Å²) >= 11 is 0. The van der Waals surface area contributed by atoms with Gasteiger partial charge in [-0.3, -0.25) is 4.79 Å². The molecule has 1 aromatic carbocycles. The lowest BCUT2D eigenvalue weighted by atomic mass is 10.1. The van der Waals surface area contributed by atoms with Crippen molar-refractivity contribution in [3.8, 4) is 0 Å². The molecule has 0 saturated heterocycles. The Labute approximate surface area is 143 Å². The molecule has 0 unspecified atom stereocenters. The second-order valence-corrected chi connectivity index (χ2v) is 6.95. The molecule has 0 aromatic heterocycles. The van der Waals surface area contributed by atoms with Crippen LogP contribution in [-0.4, -0.2) is 42.1 Å². The van der Waals surface area contributed by atoms with E-state index in [0.29, 0.717) is 19.6 Å². The van der Waals surface area contributed by atoms with Crippen LogP contribution in [0.1, 0.15) is 50.0 Å². The number of carbonyl (C=O) groups is 2. The summed E-state index contributed by atoms with van der Waals surface area (Å²) in [4.78, 5) is 25.9. The Bertz CT molecular complexity index is 608. The van der Waals surface area contributed by atoms with Crippen LogP contribution < -0.4 is 10.6 Å². The first-order valence-electron chi connectivity index (χ1n) is 8.43. The van der Waals surface area contributed by atoms with Gasteiger partial charge in [0.2, 0.25) is 0 Å². The molecule has 2 rings (SSSR count). The lowest BCUT2D eigenvalue weighted by Gasteiger charge is -2.21. The van der Waals surface area contributed by atoms with Crippen molar-refractivity contribution in [1.29, 1.82) is 0 Å². The van der Waals surface area contributed by atoms with Crippen molar-refractivity contribution in [2.24, 2.45) is 0 Å². The number of hydrogen-bond acceptors (Lipinski definition) is 4. The summed E-state index contributed by atoms with van der Waals surface area (Å²) in [7, 11) is 0. The van der Waals surface area contributed by atoms with Crippen LogP contribution in [0.5, 0.6) is 0 Å². The van der Waals surface area contributed by atoms with Gasteiger partial charge in [0, 0.05) is 37.4 Å². The fourth-order valence-corrected chi connectivity index (χ4v) is 2.53. The Morgan fingerprint density at radius 1 is 1.29 bits per heavy atom. The number of fused-ring (bicyclic) bond motifs is 1. The van der Waals surface area contributed by atoms with Crippen molar-refractivity contribution < 1.29 is 14.3 Å². The standard InChI is InChI=1S/C18H27N3O3/c1-5-8-19-14-7-6-13-12-21(16(22)15(13)11-14)10-9-20-17(23)24-18(2,3)4/h6-7,11,19H,5,8-10,12H2,1-4H3,(H,20,23). The number of hydrogen-bond donors (Lipinski definition) is 2. The van der Waals surface area contributed by atoms with E-state index in [-0.39, 0.29) is 5.91 Å². The zero-order valence-electron chi connectivity index (χ0n) is 14.9. The highest BCUT2D eigenvalue weighted by Gasteiger charge is 2.27. The first-order valence-corrected chi connectivity index (χ1v) is 8.43. The van der Waals surface area contributed by atoms with Crippen molar-refractivity contribution in [2.45, 2.75) is 46.3 Å². The topological polar surface area (TPSA) is 70.7 Å². The molecule has 24 heavy (non-hydrogen) atoms. The van der Waals surface area contributed by atoms with Crippen LogP contribution in [0.2, 0.25) is 0 Å². The molecule has 0 bridgehead atoms. The summed E-state index contributed by atoms with van der Waals surface area (Å²) in [6, 6.07) is 5.91. The van der Waals surface area contributed by atoms with E-state index < -0.39 is 11.7 Å². The molecule has 1 aliphatic rings. The number of nitrogens with one attached hydrogen (secondary N) is 2. The number of benzene rings is 1. The number of rotatable bonds is 6. The van der Waals surface area contributed by atoms with Crippen LogP contribution >= 0.6 is 0 Å². The molecule has 0 aliphatic carbocycles. The van der Waals surface area contributed by atoms with Crippen LogP contribution in [0.3, 0.4) is 0 Å². The Balaban J connectivity index is 1.86. The summed E-state index contributed by atoms with van der Waals surface area (Å²) in [5, 5.41) is 5.98. The molecular formula is C18H27N3O3. The molecule has 0 fully saturated rings. The quantitative estimate of drug-likeness (QED) is 0.839. The van der Waals surface area contributed by atoms with Crippen molar-refractivity contribution >= 4 is 17.7 Å². The minimum atomic E-state index is -0.522. The van der Waals surface area contributed by atoms with E-state index in [4.69, 9.17) is 4.74 Å². The number of anilines is 1. The molecule has 2 N–H and O–H groups in total. The van der Waals surface area contributed by atoms with Crippen LogP contribution in [0, 0.1) is 0 Å². The minimum Gasteiger partial charge on any atom is -0.444 e. The number of alkyl carbamates (subject to hydrolysis) is 1. The van der Waals surface area contributed by atoms with Gasteiger partial charge in [0.15, 0.2) is 0 Å². The highest BCUT2D eigenvalue weighted by molar-refractivity contribution is 5.99. The molecule has 0 saturated carbocycles. The van der Waals surface area contributed by atoms with E-state index in [9.17, 15) is 9.59 Å². The summed E-state index contributed by atoms with van der Waals surface area (Å²) in [6.07, 6.45) is 0.575. The molecule has 0 atom stereocenters. The molecule has 2 amide bonds. The summed E-state index contributed by atoms with van der Waals surface area (Å²) < 4.78 is 5.18. The maximum atomic E-state index is 12.5. The van der Waals surface area contributed by atoms with E-state index in [0.717, 1.165) is 29.8 Å². The Hall–Kier alpha value is -2.24. The maximum absolute atomic E-state index is 12.5. The molecule has 0 radical (unpaired) electrons. The number of nitrogens with zero attached hydrogens (tertiary/aromatic N) is 1. The SMILES string of the molecule is CCCNc1ccc2c(c1)C(=O)N(CCNC(=O)OC(C)(C)C)C2. The Morgan fingerprint density at radius 2 is 2.04 bits per heavy atom. The third-order valence-electron chi connectivity index (χ3n) is 3.62. The molecule has 6 heteroatoms. The lowest BCUT2D eigenvalue weighted by molar-refractivity contribution is 0.0515. The van der Waals surface area contributed by atoms with Crippen LogP contribution in [0.25, 0.3) is 0 Å². The molecule has 0 spiro atoms. The second-order valence-electron chi connectivity index (χ2n) is 6.95. The highest BCUT2D eigenvalue weighted by atomic mass is 16.6. The molecule has 132 valence electrons. The smallest absolute Gasteiger partial charge is 0.407 e. The number of ether oxygens (including phenoxy) is 1. The van der Waals surface area contributed by atoms with Crippen LogP contribution in [0.15, 0.2) is 18.2 Å². The van der Waals surface area contributed by atoms with Gasteiger partial charge in [-0.1, -0.05) is 13.0 Å². The van der Waals surface area contributed by atoms with Gasteiger partial charge < -0.3 is 20.3 Å². The zero-order valence-corrected chi connectivity index (χ0v) is 14.9. The minimum absolute atomic E-state index is 0.0103. The summed E-state index contributed by atoms with van der Waals surface area (Å²) in [6.45, 7) is 9.85. The van der Waals surface area contributed by atoms with Gasteiger partial charge in [0.1, 0.15) is 5.60 Å². The van der Waals surface area contributed by atoms with E-state index in [2.05, 4.69) is 17.6 Å². The molecule has 1 aromatic rings. The predicted octanol–water partition coefficient (Wildman–Crippen LogP) is 2.99. The summed E-state index contributed by atoms with van der Waals surface area (Å²) in [5.74, 6) is 0.0103. The van der Waals surface area contributed by atoms with Crippen molar-refractivity contribution in [3.63, 3.8) is 0 Å². The third kappa shape index (κ3) is 4.88. The monoisotopic (exact) mass is 333 g/mol. The fraction of sp³-hybridized carbons (Fsp3) is 0.556. The number of amides is 2. The van der Waals surface area contributed by atoms with E-state index in [1.54, 1.807) is 4.90 Å². The van der Waals surface area contributed by atoms with Crippen molar-refractivity contribution in [2.75, 3.05) is 25.0 Å². The van der Waals surface area contributed by atoms with Crippen LogP contribution in [0.4, 0.5) is 10.5 Å². The first kappa shape index (κ1) is 18.1. The van der Waals surface area contributed by atoms with E-state index in [1.807, 2.05) is 39.0 Å².